The zero-order valence-corrected chi connectivity index (χ0v) is 12.1. The second-order valence-electron chi connectivity index (χ2n) is 5.62. The topological polar surface area (TPSA) is 46.2 Å². The maximum Gasteiger partial charge on any atom is 0.211 e. The van der Waals surface area contributed by atoms with Crippen LogP contribution in [0.2, 0.25) is 0 Å². The van der Waals surface area contributed by atoms with E-state index in [9.17, 15) is 12.8 Å². The van der Waals surface area contributed by atoms with E-state index in [-0.39, 0.29) is 23.5 Å². The van der Waals surface area contributed by atoms with E-state index in [4.69, 9.17) is 0 Å². The molecular weight excluding hydrogens is 265 g/mol. The molecule has 0 unspecified atom stereocenters. The van der Waals surface area contributed by atoms with Gasteiger partial charge in [0.1, 0.15) is 5.82 Å². The van der Waals surface area contributed by atoms with Crippen LogP contribution in [0.4, 0.5) is 4.39 Å². The first-order chi connectivity index (χ1) is 8.87. The molecule has 106 valence electrons. The van der Waals surface area contributed by atoms with Crippen molar-refractivity contribution in [3.63, 3.8) is 0 Å². The lowest BCUT2D eigenvalue weighted by molar-refractivity contribution is 0.560. The second kappa shape index (κ2) is 5.59. The van der Waals surface area contributed by atoms with Crippen molar-refractivity contribution in [3.8, 4) is 0 Å². The van der Waals surface area contributed by atoms with Crippen molar-refractivity contribution in [2.45, 2.75) is 38.6 Å². The third-order valence-electron chi connectivity index (χ3n) is 3.38. The first-order valence-corrected chi connectivity index (χ1v) is 8.28. The van der Waals surface area contributed by atoms with Crippen molar-refractivity contribution in [2.75, 3.05) is 5.75 Å². The molecule has 0 bridgehead atoms. The Balaban J connectivity index is 1.88. The first-order valence-electron chi connectivity index (χ1n) is 6.63. The van der Waals surface area contributed by atoms with Crippen molar-refractivity contribution < 1.29 is 12.8 Å². The Morgan fingerprint density at radius 3 is 2.53 bits per heavy atom. The van der Waals surface area contributed by atoms with Crippen LogP contribution in [0.1, 0.15) is 38.2 Å². The van der Waals surface area contributed by atoms with Crippen LogP contribution in [0, 0.1) is 11.7 Å². The largest absolute Gasteiger partial charge is 0.212 e. The third kappa shape index (κ3) is 4.28. The van der Waals surface area contributed by atoms with Gasteiger partial charge >= 0.3 is 0 Å². The van der Waals surface area contributed by atoms with Crippen LogP contribution in [-0.4, -0.2) is 20.2 Å². The van der Waals surface area contributed by atoms with Crippen LogP contribution in [0.3, 0.4) is 0 Å². The summed E-state index contributed by atoms with van der Waals surface area (Å²) in [4.78, 5) is 0. The summed E-state index contributed by atoms with van der Waals surface area (Å²) in [7, 11) is -3.19. The second-order valence-corrected chi connectivity index (χ2v) is 7.49. The summed E-state index contributed by atoms with van der Waals surface area (Å²) < 4.78 is 39.2. The minimum Gasteiger partial charge on any atom is -0.212 e. The Hall–Kier alpha value is -0.940. The van der Waals surface area contributed by atoms with Gasteiger partial charge in [-0.2, -0.15) is 0 Å². The van der Waals surface area contributed by atoms with Crippen molar-refractivity contribution in [1.82, 2.24) is 4.72 Å². The molecule has 2 rings (SSSR count). The summed E-state index contributed by atoms with van der Waals surface area (Å²) in [5, 5.41) is 0. The molecule has 0 aliphatic heterocycles. The van der Waals surface area contributed by atoms with E-state index in [1.54, 1.807) is 12.1 Å². The van der Waals surface area contributed by atoms with Gasteiger partial charge in [0, 0.05) is 12.0 Å². The van der Waals surface area contributed by atoms with E-state index in [1.807, 2.05) is 13.8 Å². The molecule has 0 amide bonds. The zero-order valence-electron chi connectivity index (χ0n) is 11.3. The van der Waals surface area contributed by atoms with Gasteiger partial charge in [0.15, 0.2) is 0 Å². The average molecular weight is 285 g/mol. The van der Waals surface area contributed by atoms with Crippen LogP contribution < -0.4 is 4.72 Å². The standard InChI is InChI=1S/C14H20FNO2S/c1-10(2)7-8-19(17,18)16-14-9-13(14)11-3-5-12(15)6-4-11/h3-6,10,13-14,16H,7-9H2,1-2H3/t13-,14+/m0/s1. The number of sulfonamides is 1. The Labute approximate surface area is 114 Å². The summed E-state index contributed by atoms with van der Waals surface area (Å²) in [5.74, 6) is 0.480. The van der Waals surface area contributed by atoms with Gasteiger partial charge in [-0.25, -0.2) is 17.5 Å². The maximum atomic E-state index is 12.8. The van der Waals surface area contributed by atoms with Crippen LogP contribution in [0.25, 0.3) is 0 Å². The minimum absolute atomic E-state index is 0.0253. The highest BCUT2D eigenvalue weighted by atomic mass is 32.2. The van der Waals surface area contributed by atoms with E-state index < -0.39 is 10.0 Å². The van der Waals surface area contributed by atoms with E-state index in [0.717, 1.165) is 12.0 Å². The van der Waals surface area contributed by atoms with Crippen molar-refractivity contribution in [3.05, 3.63) is 35.6 Å². The van der Waals surface area contributed by atoms with E-state index in [0.29, 0.717) is 12.3 Å². The van der Waals surface area contributed by atoms with Gasteiger partial charge in [0.05, 0.1) is 5.75 Å². The Bertz CT molecular complexity index is 525. The average Bonchev–Trinajstić information content (AvgIpc) is 3.06. The molecule has 1 aliphatic rings. The van der Waals surface area contributed by atoms with Gasteiger partial charge in [0.25, 0.3) is 0 Å². The van der Waals surface area contributed by atoms with E-state index >= 15 is 0 Å². The van der Waals surface area contributed by atoms with Crippen molar-refractivity contribution in [2.24, 2.45) is 5.92 Å². The summed E-state index contributed by atoms with van der Waals surface area (Å²) >= 11 is 0. The number of benzene rings is 1. The molecule has 5 heteroatoms. The van der Waals surface area contributed by atoms with Crippen molar-refractivity contribution in [1.29, 1.82) is 0 Å². The molecule has 0 saturated heterocycles. The number of rotatable bonds is 6. The molecule has 0 heterocycles. The van der Waals surface area contributed by atoms with E-state index in [2.05, 4.69) is 4.72 Å². The molecule has 3 nitrogen and oxygen atoms in total. The predicted molar refractivity (Wildman–Crippen MR) is 73.9 cm³/mol. The summed E-state index contributed by atoms with van der Waals surface area (Å²) in [6, 6.07) is 6.25. The van der Waals surface area contributed by atoms with Gasteiger partial charge in [-0.3, -0.25) is 0 Å². The SMILES string of the molecule is CC(C)CCS(=O)(=O)N[C@@H]1C[C@H]1c1ccc(F)cc1. The summed E-state index contributed by atoms with van der Waals surface area (Å²) in [5.41, 5.74) is 0.998. The molecular formula is C14H20FNO2S. The minimum atomic E-state index is -3.19. The molecule has 1 saturated carbocycles. The molecule has 2 atom stereocenters. The molecule has 0 radical (unpaired) electrons. The fourth-order valence-electron chi connectivity index (χ4n) is 2.08. The normalized spacial score (nSPS) is 22.7. The monoisotopic (exact) mass is 285 g/mol. The highest BCUT2D eigenvalue weighted by Gasteiger charge is 2.40. The molecule has 1 aliphatic carbocycles. The fraction of sp³-hybridized carbons (Fsp3) is 0.571. The van der Waals surface area contributed by atoms with E-state index in [1.165, 1.54) is 12.1 Å². The number of hydrogen-bond donors (Lipinski definition) is 1. The third-order valence-corrected chi connectivity index (χ3v) is 4.82. The molecule has 0 spiro atoms. The molecule has 1 fully saturated rings. The quantitative estimate of drug-likeness (QED) is 0.873. The maximum absolute atomic E-state index is 12.8. The lowest BCUT2D eigenvalue weighted by atomic mass is 10.1. The summed E-state index contributed by atoms with van der Waals surface area (Å²) in [6.07, 6.45) is 1.47. The molecule has 1 aromatic carbocycles. The highest BCUT2D eigenvalue weighted by molar-refractivity contribution is 7.89. The van der Waals surface area contributed by atoms with Gasteiger partial charge < -0.3 is 0 Å². The number of nitrogens with one attached hydrogen (secondary N) is 1. The van der Waals surface area contributed by atoms with Gasteiger partial charge in [0.2, 0.25) is 10.0 Å². The lowest BCUT2D eigenvalue weighted by Crippen LogP contribution is -2.29. The molecule has 1 aromatic rings. The van der Waals surface area contributed by atoms with Gasteiger partial charge in [-0.1, -0.05) is 26.0 Å². The van der Waals surface area contributed by atoms with Crippen LogP contribution in [0.15, 0.2) is 24.3 Å². The Morgan fingerprint density at radius 1 is 1.32 bits per heavy atom. The predicted octanol–water partition coefficient (Wildman–Crippen LogP) is 2.65. The van der Waals surface area contributed by atoms with Crippen molar-refractivity contribution >= 4 is 10.0 Å². The zero-order chi connectivity index (χ0) is 14.0. The number of hydrogen-bond acceptors (Lipinski definition) is 2. The number of halogens is 1. The Morgan fingerprint density at radius 2 is 1.95 bits per heavy atom. The van der Waals surface area contributed by atoms with Crippen LogP contribution >= 0.6 is 0 Å². The lowest BCUT2D eigenvalue weighted by Gasteiger charge is -2.08. The van der Waals surface area contributed by atoms with Gasteiger partial charge in [-0.05, 0) is 36.5 Å². The molecule has 1 N–H and O–H groups in total. The molecule has 19 heavy (non-hydrogen) atoms. The first kappa shape index (κ1) is 14.5. The summed E-state index contributed by atoms with van der Waals surface area (Å²) in [6.45, 7) is 4.02. The Kier molecular flexibility index (Phi) is 4.26. The van der Waals surface area contributed by atoms with Crippen LogP contribution in [-0.2, 0) is 10.0 Å². The van der Waals surface area contributed by atoms with Crippen LogP contribution in [0.5, 0.6) is 0 Å². The fourth-order valence-corrected chi connectivity index (χ4v) is 3.71. The van der Waals surface area contributed by atoms with Gasteiger partial charge in [-0.15, -0.1) is 0 Å². The molecule has 0 aromatic heterocycles. The highest BCUT2D eigenvalue weighted by Crippen LogP contribution is 2.41. The smallest absolute Gasteiger partial charge is 0.211 e.